The van der Waals surface area contributed by atoms with Crippen molar-refractivity contribution in [3.63, 3.8) is 0 Å². The van der Waals surface area contributed by atoms with E-state index in [0.29, 0.717) is 5.33 Å². The highest BCUT2D eigenvalue weighted by molar-refractivity contribution is 9.09. The summed E-state index contributed by atoms with van der Waals surface area (Å²) in [5, 5.41) is 3.18. The van der Waals surface area contributed by atoms with Crippen molar-refractivity contribution >= 4 is 21.8 Å². The van der Waals surface area contributed by atoms with E-state index in [4.69, 9.17) is 0 Å². The molecule has 5 heteroatoms. The molecule has 0 aromatic carbocycles. The molecule has 0 aliphatic heterocycles. The normalized spacial score (nSPS) is 12.5. The molecule has 0 bridgehead atoms. The minimum atomic E-state index is 0.00705. The van der Waals surface area contributed by atoms with E-state index in [1.165, 1.54) is 0 Å². The molecule has 0 fully saturated rings. The molecule has 0 spiro atoms. The molecule has 0 aliphatic carbocycles. The van der Waals surface area contributed by atoms with Crippen molar-refractivity contribution in [2.24, 2.45) is 0 Å². The largest absolute Gasteiger partial charge is 0.351 e. The molecule has 72 valence electrons. The second-order valence-electron chi connectivity index (χ2n) is 2.86. The number of amides is 1. The fraction of sp³-hybridized carbons (Fsp3) is 0.500. The zero-order chi connectivity index (χ0) is 9.68. The third-order valence-electron chi connectivity index (χ3n) is 1.57. The minimum Gasteiger partial charge on any atom is -0.351 e. The van der Waals surface area contributed by atoms with Crippen molar-refractivity contribution in [3.8, 4) is 0 Å². The van der Waals surface area contributed by atoms with Crippen LogP contribution in [0, 0.1) is 0 Å². The van der Waals surface area contributed by atoms with Crippen LogP contribution in [0.2, 0.25) is 0 Å². The Balaban J connectivity index is 2.33. The van der Waals surface area contributed by atoms with Gasteiger partial charge in [-0.25, -0.2) is 4.98 Å². The first-order valence-corrected chi connectivity index (χ1v) is 5.15. The van der Waals surface area contributed by atoms with E-state index < -0.39 is 0 Å². The predicted molar refractivity (Wildman–Crippen MR) is 53.6 cm³/mol. The summed E-state index contributed by atoms with van der Waals surface area (Å²) in [6.07, 6.45) is 5.33. The van der Waals surface area contributed by atoms with Gasteiger partial charge in [-0.1, -0.05) is 15.9 Å². The van der Waals surface area contributed by atoms with E-state index in [0.717, 1.165) is 6.54 Å². The number of halogens is 1. The summed E-state index contributed by atoms with van der Waals surface area (Å²) in [6.45, 7) is 2.71. The van der Waals surface area contributed by atoms with Gasteiger partial charge in [-0.05, 0) is 6.92 Å². The minimum absolute atomic E-state index is 0.00705. The van der Waals surface area contributed by atoms with E-state index in [1.807, 2.05) is 17.7 Å². The van der Waals surface area contributed by atoms with Crippen LogP contribution in [0.1, 0.15) is 6.92 Å². The Bertz CT molecular complexity index is 260. The van der Waals surface area contributed by atoms with E-state index in [-0.39, 0.29) is 11.9 Å². The highest BCUT2D eigenvalue weighted by Gasteiger charge is 2.05. The van der Waals surface area contributed by atoms with Crippen LogP contribution in [0.25, 0.3) is 0 Å². The molecule has 1 aromatic heterocycles. The molecule has 13 heavy (non-hydrogen) atoms. The van der Waals surface area contributed by atoms with E-state index in [2.05, 4.69) is 26.2 Å². The van der Waals surface area contributed by atoms with Gasteiger partial charge < -0.3 is 9.88 Å². The number of hydrogen-bond acceptors (Lipinski definition) is 2. The van der Waals surface area contributed by atoms with Crippen LogP contribution in [0.15, 0.2) is 18.7 Å². The topological polar surface area (TPSA) is 46.9 Å². The van der Waals surface area contributed by atoms with E-state index in [1.54, 1.807) is 12.5 Å². The van der Waals surface area contributed by atoms with Crippen molar-refractivity contribution in [2.45, 2.75) is 19.5 Å². The summed E-state index contributed by atoms with van der Waals surface area (Å²) in [6, 6.07) is 0.124. The smallest absolute Gasteiger partial charge is 0.230 e. The van der Waals surface area contributed by atoms with Crippen molar-refractivity contribution in [3.05, 3.63) is 18.7 Å². The molecule has 1 N–H and O–H groups in total. The number of nitrogens with one attached hydrogen (secondary N) is 1. The number of rotatable bonds is 4. The zero-order valence-corrected chi connectivity index (χ0v) is 8.99. The van der Waals surface area contributed by atoms with Gasteiger partial charge in [0.15, 0.2) is 0 Å². The predicted octanol–water partition coefficient (Wildman–Crippen LogP) is 0.783. The van der Waals surface area contributed by atoms with Gasteiger partial charge in [-0.15, -0.1) is 0 Å². The number of carbonyl (C=O) groups excluding carboxylic acids is 1. The van der Waals surface area contributed by atoms with Crippen molar-refractivity contribution in [1.29, 1.82) is 0 Å². The highest BCUT2D eigenvalue weighted by atomic mass is 79.9. The van der Waals surface area contributed by atoms with Gasteiger partial charge in [0, 0.05) is 25.0 Å². The number of hydrogen-bond donors (Lipinski definition) is 1. The summed E-state index contributed by atoms with van der Waals surface area (Å²) in [4.78, 5) is 14.9. The Kier molecular flexibility index (Phi) is 3.95. The van der Waals surface area contributed by atoms with E-state index in [9.17, 15) is 4.79 Å². The van der Waals surface area contributed by atoms with Crippen molar-refractivity contribution in [1.82, 2.24) is 14.9 Å². The van der Waals surface area contributed by atoms with Gasteiger partial charge in [-0.3, -0.25) is 4.79 Å². The fourth-order valence-electron chi connectivity index (χ4n) is 1.07. The van der Waals surface area contributed by atoms with Gasteiger partial charge in [0.25, 0.3) is 0 Å². The number of aromatic nitrogens is 2. The monoisotopic (exact) mass is 245 g/mol. The summed E-state index contributed by atoms with van der Waals surface area (Å²) in [5.74, 6) is 0.00705. The van der Waals surface area contributed by atoms with Crippen molar-refractivity contribution < 1.29 is 4.79 Å². The van der Waals surface area contributed by atoms with Crippen LogP contribution >= 0.6 is 15.9 Å². The molecule has 0 radical (unpaired) electrons. The van der Waals surface area contributed by atoms with Crippen molar-refractivity contribution in [2.75, 3.05) is 5.33 Å². The lowest BCUT2D eigenvalue weighted by atomic mass is 10.3. The summed E-state index contributed by atoms with van der Waals surface area (Å²) >= 11 is 3.09. The second-order valence-corrected chi connectivity index (χ2v) is 3.42. The van der Waals surface area contributed by atoms with Crippen LogP contribution in [-0.2, 0) is 11.3 Å². The number of carbonyl (C=O) groups is 1. The molecule has 0 aliphatic rings. The third kappa shape index (κ3) is 3.59. The van der Waals surface area contributed by atoms with E-state index >= 15 is 0 Å². The Morgan fingerprint density at radius 2 is 2.54 bits per heavy atom. The molecule has 4 nitrogen and oxygen atoms in total. The maximum Gasteiger partial charge on any atom is 0.230 e. The Labute approximate surface area is 85.5 Å². The molecule has 1 amide bonds. The van der Waals surface area contributed by atoms with Crippen LogP contribution in [0.5, 0.6) is 0 Å². The summed E-state index contributed by atoms with van der Waals surface area (Å²) in [5.41, 5.74) is 0. The first kappa shape index (κ1) is 10.2. The van der Waals surface area contributed by atoms with Crippen LogP contribution < -0.4 is 5.32 Å². The molecular weight excluding hydrogens is 234 g/mol. The van der Waals surface area contributed by atoms with Crippen LogP contribution in [0.3, 0.4) is 0 Å². The SMILES string of the molecule is CC(Cn1ccnc1)NC(=O)CBr. The molecule has 1 heterocycles. The average Bonchev–Trinajstić information content (AvgIpc) is 2.56. The summed E-state index contributed by atoms with van der Waals surface area (Å²) in [7, 11) is 0. The average molecular weight is 246 g/mol. The molecule has 1 unspecified atom stereocenters. The quantitative estimate of drug-likeness (QED) is 0.798. The van der Waals surface area contributed by atoms with Crippen LogP contribution in [-0.4, -0.2) is 26.8 Å². The lowest BCUT2D eigenvalue weighted by Crippen LogP contribution is -2.36. The van der Waals surface area contributed by atoms with Gasteiger partial charge in [0.2, 0.25) is 5.91 Å². The Morgan fingerprint density at radius 1 is 1.77 bits per heavy atom. The van der Waals surface area contributed by atoms with Gasteiger partial charge in [0.05, 0.1) is 11.7 Å². The Morgan fingerprint density at radius 3 is 3.08 bits per heavy atom. The lowest BCUT2D eigenvalue weighted by molar-refractivity contribution is -0.119. The maximum absolute atomic E-state index is 11.0. The first-order chi connectivity index (χ1) is 6.22. The molecule has 1 rings (SSSR count). The lowest BCUT2D eigenvalue weighted by Gasteiger charge is -2.12. The second kappa shape index (κ2) is 5.01. The molecule has 1 aromatic rings. The third-order valence-corrected chi connectivity index (χ3v) is 2.08. The number of alkyl halides is 1. The molecule has 1 atom stereocenters. The van der Waals surface area contributed by atoms with Crippen LogP contribution in [0.4, 0.5) is 0 Å². The van der Waals surface area contributed by atoms with Gasteiger partial charge >= 0.3 is 0 Å². The maximum atomic E-state index is 11.0. The first-order valence-electron chi connectivity index (χ1n) is 4.03. The fourth-order valence-corrected chi connectivity index (χ4v) is 1.23. The standard InChI is InChI=1S/C8H12BrN3O/c1-7(11-8(13)4-9)5-12-3-2-10-6-12/h2-3,6-7H,4-5H2,1H3,(H,11,13). The zero-order valence-electron chi connectivity index (χ0n) is 7.40. The Hall–Kier alpha value is -0.840. The number of imidazole rings is 1. The molecular formula is C8H12BrN3O. The van der Waals surface area contributed by atoms with Gasteiger partial charge in [0.1, 0.15) is 0 Å². The van der Waals surface area contributed by atoms with Gasteiger partial charge in [-0.2, -0.15) is 0 Å². The number of nitrogens with zero attached hydrogens (tertiary/aromatic N) is 2. The molecule has 0 saturated heterocycles. The highest BCUT2D eigenvalue weighted by Crippen LogP contribution is 1.92. The molecule has 0 saturated carbocycles. The summed E-state index contributed by atoms with van der Waals surface area (Å²) < 4.78 is 1.93.